The number of rotatable bonds is 4. The number of hydrogen-bond acceptors (Lipinski definition) is 6. The summed E-state index contributed by atoms with van der Waals surface area (Å²) >= 11 is 0. The first-order valence-electron chi connectivity index (χ1n) is 10.5. The van der Waals surface area contributed by atoms with Gasteiger partial charge < -0.3 is 4.98 Å². The summed E-state index contributed by atoms with van der Waals surface area (Å²) in [7, 11) is 0. The van der Waals surface area contributed by atoms with Gasteiger partial charge >= 0.3 is 0 Å². The van der Waals surface area contributed by atoms with Gasteiger partial charge in [0.05, 0.1) is 17.6 Å². The summed E-state index contributed by atoms with van der Waals surface area (Å²) in [6.07, 6.45) is 9.84. The minimum absolute atomic E-state index is 0.0887. The van der Waals surface area contributed by atoms with Gasteiger partial charge in [0, 0.05) is 29.4 Å². The summed E-state index contributed by atoms with van der Waals surface area (Å²) in [5, 5.41) is 12.3. The van der Waals surface area contributed by atoms with E-state index in [0.717, 1.165) is 39.6 Å². The van der Waals surface area contributed by atoms with Crippen LogP contribution in [-0.2, 0) is 4.79 Å². The van der Waals surface area contributed by atoms with Gasteiger partial charge in [0.1, 0.15) is 17.7 Å². The van der Waals surface area contributed by atoms with Crippen molar-refractivity contribution < 1.29 is 4.79 Å². The van der Waals surface area contributed by atoms with Crippen molar-refractivity contribution >= 4 is 33.7 Å². The second-order valence-corrected chi connectivity index (χ2v) is 8.11. The second-order valence-electron chi connectivity index (χ2n) is 8.11. The maximum Gasteiger partial charge on any atom is 0.241 e. The van der Waals surface area contributed by atoms with Gasteiger partial charge in [-0.3, -0.25) is 15.2 Å². The zero-order chi connectivity index (χ0) is 20.1. The van der Waals surface area contributed by atoms with Crippen molar-refractivity contribution in [2.24, 2.45) is 0 Å². The van der Waals surface area contributed by atoms with Crippen LogP contribution in [0.3, 0.4) is 0 Å². The fourth-order valence-electron chi connectivity index (χ4n) is 4.62. The predicted molar refractivity (Wildman–Crippen MR) is 112 cm³/mol. The molecule has 30 heavy (non-hydrogen) atoms. The van der Waals surface area contributed by atoms with E-state index in [-0.39, 0.29) is 5.91 Å². The third-order valence-electron chi connectivity index (χ3n) is 6.21. The lowest BCUT2D eigenvalue weighted by Gasteiger charge is -2.17. The molecule has 9 nitrogen and oxygen atoms in total. The highest BCUT2D eigenvalue weighted by molar-refractivity contribution is 6.12. The van der Waals surface area contributed by atoms with Gasteiger partial charge in [-0.05, 0) is 31.4 Å². The van der Waals surface area contributed by atoms with E-state index in [2.05, 4.69) is 36.8 Å². The van der Waals surface area contributed by atoms with E-state index in [4.69, 9.17) is 0 Å². The van der Waals surface area contributed by atoms with E-state index >= 15 is 0 Å². The third-order valence-corrected chi connectivity index (χ3v) is 6.21. The number of carbonyl (C=O) groups excluding carboxylic acids is 1. The Labute approximate surface area is 172 Å². The Morgan fingerprint density at radius 2 is 2.03 bits per heavy atom. The number of nitrogens with zero attached hydrogens (tertiary/aromatic N) is 6. The van der Waals surface area contributed by atoms with E-state index in [0.29, 0.717) is 24.8 Å². The van der Waals surface area contributed by atoms with Gasteiger partial charge in [0.25, 0.3) is 0 Å². The van der Waals surface area contributed by atoms with Crippen LogP contribution in [0.2, 0.25) is 0 Å². The number of anilines is 1. The number of aromatic nitrogens is 6. The number of amides is 1. The molecule has 0 bridgehead atoms. The molecular formula is C21H22N8O. The summed E-state index contributed by atoms with van der Waals surface area (Å²) < 4.78 is 2.01. The van der Waals surface area contributed by atoms with E-state index in [9.17, 15) is 4.79 Å². The second kappa shape index (κ2) is 6.79. The number of fused-ring (bicyclic) bond motifs is 3. The molecule has 152 valence electrons. The van der Waals surface area contributed by atoms with Crippen LogP contribution >= 0.6 is 0 Å². The molecule has 1 aliphatic heterocycles. The van der Waals surface area contributed by atoms with Gasteiger partial charge in [-0.25, -0.2) is 14.6 Å². The van der Waals surface area contributed by atoms with Crippen molar-refractivity contribution in [2.75, 3.05) is 12.0 Å². The number of carbonyl (C=O) groups is 1. The summed E-state index contributed by atoms with van der Waals surface area (Å²) in [4.78, 5) is 24.2. The molecule has 1 saturated heterocycles. The molecule has 1 aliphatic carbocycles. The van der Waals surface area contributed by atoms with Crippen LogP contribution in [0.15, 0.2) is 30.7 Å². The molecule has 1 aromatic carbocycles. The average Bonchev–Trinajstić information content (AvgIpc) is 3.54. The summed E-state index contributed by atoms with van der Waals surface area (Å²) in [6, 6.07) is 6.64. The highest BCUT2D eigenvalue weighted by Crippen LogP contribution is 2.33. The van der Waals surface area contributed by atoms with E-state index in [1.807, 2.05) is 23.0 Å². The molecule has 4 heterocycles. The van der Waals surface area contributed by atoms with Crippen LogP contribution in [0.25, 0.3) is 33.2 Å². The monoisotopic (exact) mass is 402 g/mol. The predicted octanol–water partition coefficient (Wildman–Crippen LogP) is 3.43. The molecule has 0 spiro atoms. The Morgan fingerprint density at radius 3 is 2.87 bits per heavy atom. The lowest BCUT2D eigenvalue weighted by atomic mass is 10.1. The first kappa shape index (κ1) is 17.4. The number of hydrogen-bond donors (Lipinski definition) is 2. The van der Waals surface area contributed by atoms with E-state index in [1.165, 1.54) is 32.0 Å². The van der Waals surface area contributed by atoms with Gasteiger partial charge in [-0.15, -0.1) is 5.10 Å². The molecule has 2 aliphatic rings. The van der Waals surface area contributed by atoms with Crippen molar-refractivity contribution in [3.63, 3.8) is 0 Å². The molecule has 9 heteroatoms. The molecule has 2 N–H and O–H groups in total. The first-order valence-corrected chi connectivity index (χ1v) is 10.5. The molecule has 4 aromatic rings. The molecule has 1 saturated carbocycles. The number of nitrogens with one attached hydrogen (secondary N) is 2. The fraction of sp³-hybridized carbons (Fsp3) is 0.381. The third kappa shape index (κ3) is 2.80. The van der Waals surface area contributed by atoms with Gasteiger partial charge in [-0.1, -0.05) is 24.1 Å². The number of H-pyrrole nitrogens is 1. The summed E-state index contributed by atoms with van der Waals surface area (Å²) in [5.41, 5.74) is 6.76. The Kier molecular flexibility index (Phi) is 3.93. The molecular weight excluding hydrogens is 380 g/mol. The van der Waals surface area contributed by atoms with Crippen LogP contribution < -0.4 is 5.43 Å². The average molecular weight is 402 g/mol. The SMILES string of the molecule is O=C1CCCN1Nc1ncnc2[nH]c3ccc(-c4cn(C5CCCC5)nn4)cc3c12. The van der Waals surface area contributed by atoms with E-state index in [1.54, 1.807) is 5.01 Å². The van der Waals surface area contributed by atoms with Crippen LogP contribution in [0, 0.1) is 0 Å². The molecule has 2 fully saturated rings. The van der Waals surface area contributed by atoms with Crippen molar-refractivity contribution in [3.05, 3.63) is 30.7 Å². The molecule has 3 aromatic heterocycles. The molecule has 1 amide bonds. The van der Waals surface area contributed by atoms with Crippen LogP contribution in [0.5, 0.6) is 0 Å². The molecule has 0 radical (unpaired) electrons. The Hall–Kier alpha value is -3.49. The van der Waals surface area contributed by atoms with Crippen LogP contribution in [0.1, 0.15) is 44.6 Å². The zero-order valence-electron chi connectivity index (χ0n) is 16.5. The molecule has 6 rings (SSSR count). The maximum atomic E-state index is 12.1. The summed E-state index contributed by atoms with van der Waals surface area (Å²) in [5.74, 6) is 0.721. The first-order chi connectivity index (χ1) is 14.8. The van der Waals surface area contributed by atoms with Crippen molar-refractivity contribution in [1.82, 2.24) is 35.0 Å². The van der Waals surface area contributed by atoms with Crippen molar-refractivity contribution in [2.45, 2.75) is 44.6 Å². The van der Waals surface area contributed by atoms with Crippen LogP contribution in [0.4, 0.5) is 5.82 Å². The smallest absolute Gasteiger partial charge is 0.241 e. The Bertz CT molecular complexity index is 1250. The van der Waals surface area contributed by atoms with Crippen molar-refractivity contribution in [1.29, 1.82) is 0 Å². The highest BCUT2D eigenvalue weighted by Gasteiger charge is 2.23. The number of hydrazine groups is 1. The quantitative estimate of drug-likeness (QED) is 0.542. The molecule has 0 unspecified atom stereocenters. The lowest BCUT2D eigenvalue weighted by Crippen LogP contribution is -2.31. The van der Waals surface area contributed by atoms with E-state index < -0.39 is 0 Å². The lowest BCUT2D eigenvalue weighted by molar-refractivity contribution is -0.126. The normalized spacial score (nSPS) is 17.6. The van der Waals surface area contributed by atoms with Gasteiger partial charge in [0.2, 0.25) is 5.91 Å². The maximum absolute atomic E-state index is 12.1. The largest absolute Gasteiger partial charge is 0.339 e. The Morgan fingerprint density at radius 1 is 1.13 bits per heavy atom. The number of benzene rings is 1. The fourth-order valence-corrected chi connectivity index (χ4v) is 4.62. The highest BCUT2D eigenvalue weighted by atomic mass is 16.2. The minimum atomic E-state index is 0.0887. The van der Waals surface area contributed by atoms with Crippen LogP contribution in [-0.4, -0.2) is 47.4 Å². The van der Waals surface area contributed by atoms with Crippen molar-refractivity contribution in [3.8, 4) is 11.3 Å². The number of aromatic amines is 1. The minimum Gasteiger partial charge on any atom is -0.339 e. The molecule has 0 atom stereocenters. The standard InChI is InChI=1S/C21H22N8O/c30-18-6-3-9-28(18)26-21-19-15-10-13(7-8-16(15)24-20(19)22-12-23-21)17-11-29(27-25-17)14-4-1-2-5-14/h7-8,10-12,14H,1-6,9H2,(H2,22,23,24,26). The zero-order valence-corrected chi connectivity index (χ0v) is 16.5. The van der Waals surface area contributed by atoms with Gasteiger partial charge in [0.15, 0.2) is 5.82 Å². The topological polar surface area (TPSA) is 105 Å². The van der Waals surface area contributed by atoms with Gasteiger partial charge in [-0.2, -0.15) is 0 Å². The summed E-state index contributed by atoms with van der Waals surface area (Å²) in [6.45, 7) is 0.683. The Balaban J connectivity index is 1.42.